The first kappa shape index (κ1) is 23.1. The second-order valence-electron chi connectivity index (χ2n) is 8.53. The maximum atomic E-state index is 13.1. The van der Waals surface area contributed by atoms with Crippen molar-refractivity contribution in [1.29, 1.82) is 10.8 Å². The van der Waals surface area contributed by atoms with Gasteiger partial charge in [0.25, 0.3) is 5.91 Å². The van der Waals surface area contributed by atoms with Crippen LogP contribution in [0, 0.1) is 22.8 Å². The number of carbonyl (C=O) groups is 3. The molecule has 1 saturated carbocycles. The number of fused-ring (bicyclic) bond motifs is 1. The maximum absolute atomic E-state index is 13.1. The average molecular weight is 464 g/mol. The fraction of sp³-hybridized carbons (Fsp3) is 0.409. The number of hydrogen-bond donors (Lipinski definition) is 4. The zero-order chi connectivity index (χ0) is 24.4. The van der Waals surface area contributed by atoms with Crippen molar-refractivity contribution in [2.24, 2.45) is 16.8 Å². The number of aromatic nitrogens is 2. The highest BCUT2D eigenvalue weighted by atomic mass is 16.2. The lowest BCUT2D eigenvalue weighted by Crippen LogP contribution is -2.48. The lowest BCUT2D eigenvalue weighted by atomic mass is 10.1. The molecule has 1 unspecified atom stereocenters. The van der Waals surface area contributed by atoms with Crippen molar-refractivity contribution in [2.45, 2.75) is 38.4 Å². The summed E-state index contributed by atoms with van der Waals surface area (Å²) in [5.74, 6) is -0.811. The molecular weight excluding hydrogens is 438 g/mol. The number of benzene rings is 1. The molecule has 3 amide bonds. The summed E-state index contributed by atoms with van der Waals surface area (Å²) in [4.78, 5) is 38.9. The Morgan fingerprint density at radius 1 is 1.38 bits per heavy atom. The van der Waals surface area contributed by atoms with Gasteiger partial charge in [-0.05, 0) is 44.0 Å². The van der Waals surface area contributed by atoms with Gasteiger partial charge < -0.3 is 21.3 Å². The predicted octanol–water partition coefficient (Wildman–Crippen LogP) is 1.57. The molecule has 1 aromatic carbocycles. The first-order chi connectivity index (χ1) is 16.3. The van der Waals surface area contributed by atoms with Crippen molar-refractivity contribution in [1.82, 2.24) is 20.0 Å². The van der Waals surface area contributed by atoms with E-state index in [1.807, 2.05) is 6.92 Å². The number of anilines is 1. The highest BCUT2D eigenvalue weighted by Gasteiger charge is 2.33. The fourth-order valence-electron chi connectivity index (χ4n) is 3.81. The second-order valence-corrected chi connectivity index (χ2v) is 8.53. The highest BCUT2D eigenvalue weighted by Crippen LogP contribution is 2.34. The standard InChI is InChI=1S/C22H25N9O3/c1-12-10-30(11-26-20(32)8-19(24)28-25)22(34)18-7-17(29-31(12)18)15-5-2-13(9-23)6-16(15)27-21(33)14-3-4-14/h2,5-7,12,14,19,25H,3-4,8,10-11,24H2,1H3,(H,26,32)(H,27,33)/t12-,19?/m0/s1. The maximum Gasteiger partial charge on any atom is 0.273 e. The number of nitrogens with two attached hydrogens (primary N) is 1. The molecule has 12 heteroatoms. The predicted molar refractivity (Wildman–Crippen MR) is 120 cm³/mol. The van der Waals surface area contributed by atoms with Crippen molar-refractivity contribution in [3.63, 3.8) is 0 Å². The highest BCUT2D eigenvalue weighted by molar-refractivity contribution is 5.99. The Labute approximate surface area is 195 Å². The summed E-state index contributed by atoms with van der Waals surface area (Å²) in [6.07, 6.45) is 0.638. The van der Waals surface area contributed by atoms with Crippen LogP contribution in [0.25, 0.3) is 11.3 Å². The van der Waals surface area contributed by atoms with E-state index in [1.54, 1.807) is 28.9 Å². The van der Waals surface area contributed by atoms with Gasteiger partial charge in [0.1, 0.15) is 11.9 Å². The fourth-order valence-corrected chi connectivity index (χ4v) is 3.81. The van der Waals surface area contributed by atoms with E-state index in [9.17, 15) is 19.6 Å². The van der Waals surface area contributed by atoms with E-state index in [4.69, 9.17) is 11.3 Å². The molecule has 2 aliphatic rings. The molecule has 1 aromatic heterocycles. The molecule has 0 radical (unpaired) electrons. The van der Waals surface area contributed by atoms with Crippen molar-refractivity contribution in [3.8, 4) is 17.3 Å². The summed E-state index contributed by atoms with van der Waals surface area (Å²) >= 11 is 0. The van der Waals surface area contributed by atoms with Crippen LogP contribution in [-0.4, -0.2) is 51.8 Å². The molecule has 0 bridgehead atoms. The number of nitrogens with one attached hydrogen (secondary N) is 3. The number of nitriles is 1. The van der Waals surface area contributed by atoms with E-state index < -0.39 is 12.1 Å². The third-order valence-electron chi connectivity index (χ3n) is 5.80. The molecule has 1 aliphatic heterocycles. The van der Waals surface area contributed by atoms with Crippen molar-refractivity contribution in [2.75, 3.05) is 18.5 Å². The lowest BCUT2D eigenvalue weighted by Gasteiger charge is -2.31. The molecule has 176 valence electrons. The van der Waals surface area contributed by atoms with Crippen molar-refractivity contribution >= 4 is 23.4 Å². The molecule has 0 saturated heterocycles. The van der Waals surface area contributed by atoms with E-state index in [2.05, 4.69) is 26.9 Å². The Morgan fingerprint density at radius 3 is 2.82 bits per heavy atom. The topological polar surface area (TPSA) is 182 Å². The van der Waals surface area contributed by atoms with E-state index in [0.29, 0.717) is 34.7 Å². The Hall–Kier alpha value is -4.11. The van der Waals surface area contributed by atoms with E-state index in [0.717, 1.165) is 12.8 Å². The zero-order valence-corrected chi connectivity index (χ0v) is 18.6. The van der Waals surface area contributed by atoms with Crippen LogP contribution in [0.3, 0.4) is 0 Å². The monoisotopic (exact) mass is 463 g/mol. The summed E-state index contributed by atoms with van der Waals surface area (Å²) in [5.41, 5.74) is 14.7. The number of amides is 3. The first-order valence-electron chi connectivity index (χ1n) is 10.9. The van der Waals surface area contributed by atoms with Gasteiger partial charge >= 0.3 is 0 Å². The number of nitrogens with zero attached hydrogens (tertiary/aromatic N) is 5. The summed E-state index contributed by atoms with van der Waals surface area (Å²) in [6.45, 7) is 2.23. The summed E-state index contributed by atoms with van der Waals surface area (Å²) in [6, 6.07) is 8.52. The van der Waals surface area contributed by atoms with Gasteiger partial charge in [0.15, 0.2) is 0 Å². The number of hydrogen-bond acceptors (Lipinski definition) is 8. The largest absolute Gasteiger partial charge is 0.338 e. The third-order valence-corrected chi connectivity index (χ3v) is 5.80. The van der Waals surface area contributed by atoms with Gasteiger partial charge in [-0.3, -0.25) is 19.1 Å². The van der Waals surface area contributed by atoms with Crippen molar-refractivity contribution in [3.05, 3.63) is 35.5 Å². The summed E-state index contributed by atoms with van der Waals surface area (Å²) < 4.78 is 1.63. The Bertz CT molecular complexity index is 1190. The van der Waals surface area contributed by atoms with Gasteiger partial charge in [0, 0.05) is 18.0 Å². The molecular formula is C22H25N9O3. The van der Waals surface area contributed by atoms with Crippen LogP contribution < -0.4 is 16.4 Å². The van der Waals surface area contributed by atoms with Gasteiger partial charge in [0.2, 0.25) is 11.8 Å². The first-order valence-corrected chi connectivity index (χ1v) is 10.9. The van der Waals surface area contributed by atoms with Crippen LogP contribution >= 0.6 is 0 Å². The molecule has 5 N–H and O–H groups in total. The average Bonchev–Trinajstić information content (AvgIpc) is 3.58. The normalized spacial score (nSPS) is 18.0. The molecule has 4 rings (SSSR count). The molecule has 1 fully saturated rings. The van der Waals surface area contributed by atoms with Gasteiger partial charge in [-0.2, -0.15) is 15.5 Å². The van der Waals surface area contributed by atoms with Crippen LogP contribution in [0.4, 0.5) is 5.69 Å². The summed E-state index contributed by atoms with van der Waals surface area (Å²) in [7, 11) is 0. The quantitative estimate of drug-likeness (QED) is 0.431. The van der Waals surface area contributed by atoms with Crippen LogP contribution in [0.1, 0.15) is 48.3 Å². The minimum absolute atomic E-state index is 0.00714. The minimum atomic E-state index is -0.915. The van der Waals surface area contributed by atoms with Gasteiger partial charge in [-0.25, -0.2) is 5.53 Å². The van der Waals surface area contributed by atoms with Crippen LogP contribution in [-0.2, 0) is 9.59 Å². The van der Waals surface area contributed by atoms with E-state index >= 15 is 0 Å². The van der Waals surface area contributed by atoms with Crippen molar-refractivity contribution < 1.29 is 14.4 Å². The molecule has 1 aliphatic carbocycles. The second kappa shape index (κ2) is 9.40. The SMILES string of the molecule is C[C@H]1CN(CNC(=O)CC(N)N=N)C(=O)c2cc(-c3ccc(C#N)cc3NC(=O)C3CC3)nn21. The smallest absolute Gasteiger partial charge is 0.273 e. The lowest BCUT2D eigenvalue weighted by molar-refractivity contribution is -0.122. The molecule has 12 nitrogen and oxygen atoms in total. The molecule has 2 aromatic rings. The van der Waals surface area contributed by atoms with Crippen LogP contribution in [0.5, 0.6) is 0 Å². The van der Waals surface area contributed by atoms with Gasteiger partial charge in [-0.1, -0.05) is 0 Å². The minimum Gasteiger partial charge on any atom is -0.338 e. The van der Waals surface area contributed by atoms with E-state index in [-0.39, 0.29) is 36.9 Å². The summed E-state index contributed by atoms with van der Waals surface area (Å²) in [5, 5.41) is 22.5. The van der Waals surface area contributed by atoms with Gasteiger partial charge in [0.05, 0.1) is 42.1 Å². The van der Waals surface area contributed by atoms with Crippen LogP contribution in [0.2, 0.25) is 0 Å². The van der Waals surface area contributed by atoms with Gasteiger partial charge in [-0.15, -0.1) is 0 Å². The molecule has 0 spiro atoms. The molecule has 2 atom stereocenters. The molecule has 2 heterocycles. The van der Waals surface area contributed by atoms with E-state index in [1.165, 1.54) is 4.90 Å². The van der Waals surface area contributed by atoms with Crippen LogP contribution in [0.15, 0.2) is 29.4 Å². The number of rotatable bonds is 8. The Kier molecular flexibility index (Phi) is 6.38. The Balaban J connectivity index is 1.56. The Morgan fingerprint density at radius 2 is 2.15 bits per heavy atom. The number of carbonyl (C=O) groups excluding carboxylic acids is 3. The third kappa shape index (κ3) is 4.79. The molecule has 34 heavy (non-hydrogen) atoms. The zero-order valence-electron chi connectivity index (χ0n) is 18.6.